The van der Waals surface area contributed by atoms with Gasteiger partial charge in [0.1, 0.15) is 17.5 Å². The average Bonchev–Trinajstić information content (AvgIpc) is 3.66. The van der Waals surface area contributed by atoms with Gasteiger partial charge in [-0.25, -0.2) is 0 Å². The van der Waals surface area contributed by atoms with Gasteiger partial charge in [0.25, 0.3) is 0 Å². The Bertz CT molecular complexity index is 1240. The average molecular weight is 503 g/mol. The maximum Gasteiger partial charge on any atom is 0.165 e. The van der Waals surface area contributed by atoms with Gasteiger partial charge in [-0.15, -0.1) is 0 Å². The number of fused-ring (bicyclic) bond motifs is 2. The van der Waals surface area contributed by atoms with E-state index in [0.29, 0.717) is 18.6 Å². The molecule has 0 aromatic heterocycles. The van der Waals surface area contributed by atoms with Crippen molar-refractivity contribution in [3.05, 3.63) is 53.6 Å². The Morgan fingerprint density at radius 2 is 1.86 bits per heavy atom. The molecule has 0 N–H and O–H groups in total. The molecule has 2 spiro atoms. The summed E-state index contributed by atoms with van der Waals surface area (Å²) in [6.45, 7) is 3.26. The molecule has 196 valence electrons. The largest absolute Gasteiger partial charge is 0.493 e. The first kappa shape index (κ1) is 22.7. The first-order valence-corrected chi connectivity index (χ1v) is 14.4. The lowest BCUT2D eigenvalue weighted by molar-refractivity contribution is -0.952. The Balaban J connectivity index is 1.29. The van der Waals surface area contributed by atoms with Crippen LogP contribution in [-0.2, 0) is 16.6 Å². The quantitative estimate of drug-likeness (QED) is 0.491. The molecule has 5 nitrogen and oxygen atoms in total. The van der Waals surface area contributed by atoms with E-state index in [2.05, 4.69) is 43.4 Å². The molecular weight excluding hydrogens is 462 g/mol. The van der Waals surface area contributed by atoms with Gasteiger partial charge in [-0.3, -0.25) is 0 Å². The summed E-state index contributed by atoms with van der Waals surface area (Å²) in [6.07, 6.45) is 8.62. The van der Waals surface area contributed by atoms with Crippen LogP contribution >= 0.6 is 0 Å². The van der Waals surface area contributed by atoms with Crippen molar-refractivity contribution in [2.75, 3.05) is 41.0 Å². The zero-order chi connectivity index (χ0) is 25.0. The number of likely N-dealkylation sites (N-methyl/N-ethyl adjacent to an activating group) is 1. The summed E-state index contributed by atoms with van der Waals surface area (Å²) in [4.78, 5) is 0. The molecule has 5 aliphatic carbocycles. The lowest BCUT2D eigenvalue weighted by atomic mass is 9.34. The lowest BCUT2D eigenvalue weighted by Crippen LogP contribution is -2.84. The fourth-order valence-corrected chi connectivity index (χ4v) is 10.3. The molecular formula is C32H40NO4+. The Labute approximate surface area is 220 Å². The predicted molar refractivity (Wildman–Crippen MR) is 141 cm³/mol. The summed E-state index contributed by atoms with van der Waals surface area (Å²) in [5.74, 6) is 4.06. The minimum absolute atomic E-state index is 0.00788. The standard InChI is InChI=1S/C32H40NO4/c1-33(19-21-9-10-21)16-15-31-27-22-11-12-25(34-2)28(27)37-29(31)32(35-3)14-13-30(31,26(33)17-22)18-23(32)20-36-24-7-5-4-6-8-24/h4-8,11-12,21,23,26,29H,9-10,13-20H2,1-3H3/q+1/t23-,26-,29-,30-,31+,32-,33-/m1/s1. The van der Waals surface area contributed by atoms with E-state index in [1.54, 1.807) is 7.11 Å². The molecule has 4 bridgehead atoms. The minimum Gasteiger partial charge on any atom is -0.493 e. The Morgan fingerprint density at radius 1 is 1.03 bits per heavy atom. The third-order valence-corrected chi connectivity index (χ3v) is 11.9. The summed E-state index contributed by atoms with van der Waals surface area (Å²) in [5.41, 5.74) is 2.85. The highest BCUT2D eigenvalue weighted by Gasteiger charge is 2.83. The van der Waals surface area contributed by atoms with Crippen molar-refractivity contribution in [1.29, 1.82) is 0 Å². The fourth-order valence-electron chi connectivity index (χ4n) is 10.3. The molecule has 5 fully saturated rings. The van der Waals surface area contributed by atoms with Crippen LogP contribution in [0.5, 0.6) is 17.2 Å². The highest BCUT2D eigenvalue weighted by molar-refractivity contribution is 5.63. The van der Waals surface area contributed by atoms with Crippen LogP contribution in [0.2, 0.25) is 0 Å². The maximum atomic E-state index is 7.15. The monoisotopic (exact) mass is 502 g/mol. The number of hydrogen-bond acceptors (Lipinski definition) is 4. The molecule has 2 aliphatic heterocycles. The molecule has 7 aliphatic rings. The van der Waals surface area contributed by atoms with Crippen LogP contribution in [0.25, 0.3) is 0 Å². The smallest absolute Gasteiger partial charge is 0.165 e. The number of methoxy groups -OCH3 is 2. The van der Waals surface area contributed by atoms with E-state index in [-0.39, 0.29) is 22.5 Å². The molecule has 9 rings (SSSR count). The molecule has 5 heteroatoms. The number of hydrogen-bond donors (Lipinski definition) is 0. The van der Waals surface area contributed by atoms with Crippen LogP contribution in [0.4, 0.5) is 0 Å². The number of piperidine rings is 1. The van der Waals surface area contributed by atoms with Crippen molar-refractivity contribution in [3.8, 4) is 17.2 Å². The van der Waals surface area contributed by atoms with Crippen molar-refractivity contribution in [2.24, 2.45) is 17.3 Å². The topological polar surface area (TPSA) is 36.9 Å². The Morgan fingerprint density at radius 3 is 2.62 bits per heavy atom. The van der Waals surface area contributed by atoms with Gasteiger partial charge in [-0.05, 0) is 55.9 Å². The normalized spacial score (nSPS) is 42.2. The van der Waals surface area contributed by atoms with Crippen LogP contribution in [0.1, 0.15) is 49.7 Å². The van der Waals surface area contributed by atoms with E-state index >= 15 is 0 Å². The molecule has 0 amide bonds. The van der Waals surface area contributed by atoms with Crippen molar-refractivity contribution < 1.29 is 23.4 Å². The summed E-state index contributed by atoms with van der Waals surface area (Å²) < 4.78 is 27.4. The second kappa shape index (κ2) is 7.45. The van der Waals surface area contributed by atoms with Crippen LogP contribution in [0, 0.1) is 17.3 Å². The highest BCUT2D eigenvalue weighted by atomic mass is 16.6. The molecule has 2 heterocycles. The third kappa shape index (κ3) is 2.68. The molecule has 0 radical (unpaired) electrons. The summed E-state index contributed by atoms with van der Waals surface area (Å²) in [5, 5.41) is 0. The van der Waals surface area contributed by atoms with Crippen LogP contribution in [-0.4, -0.2) is 63.2 Å². The number of ether oxygens (including phenoxy) is 4. The summed E-state index contributed by atoms with van der Waals surface area (Å²) in [7, 11) is 6.29. The Kier molecular flexibility index (Phi) is 4.57. The van der Waals surface area contributed by atoms with Crippen molar-refractivity contribution >= 4 is 0 Å². The predicted octanol–water partition coefficient (Wildman–Crippen LogP) is 5.14. The van der Waals surface area contributed by atoms with E-state index in [1.807, 2.05) is 13.2 Å². The SMILES string of the molecule is COc1ccc2c3c1O[C@H]1[C@@]4(OC)CC[C@@]5(C[C@@H]4COc4ccccc4)[C@@H](C2)[N@@+](C)(CC2CC2)CC[C@]315. The molecule has 0 unspecified atom stereocenters. The second-order valence-corrected chi connectivity index (χ2v) is 13.2. The molecule has 4 saturated carbocycles. The number of quaternary nitrogens is 1. The van der Waals surface area contributed by atoms with Gasteiger partial charge in [-0.1, -0.05) is 24.3 Å². The van der Waals surface area contributed by atoms with E-state index in [1.165, 1.54) is 54.4 Å². The van der Waals surface area contributed by atoms with Gasteiger partial charge in [-0.2, -0.15) is 0 Å². The summed E-state index contributed by atoms with van der Waals surface area (Å²) >= 11 is 0. The highest BCUT2D eigenvalue weighted by Crippen LogP contribution is 2.77. The van der Waals surface area contributed by atoms with Crippen LogP contribution < -0.4 is 14.2 Å². The minimum atomic E-state index is -0.350. The van der Waals surface area contributed by atoms with Gasteiger partial charge < -0.3 is 23.4 Å². The zero-order valence-electron chi connectivity index (χ0n) is 22.5. The third-order valence-electron chi connectivity index (χ3n) is 11.9. The Hall–Kier alpha value is -2.24. The van der Waals surface area contributed by atoms with E-state index < -0.39 is 0 Å². The van der Waals surface area contributed by atoms with E-state index in [4.69, 9.17) is 18.9 Å². The number of para-hydroxylation sites is 1. The number of nitrogens with zero attached hydrogens (tertiary/aromatic N) is 1. The zero-order valence-corrected chi connectivity index (χ0v) is 22.5. The lowest BCUT2D eigenvalue weighted by Gasteiger charge is -2.74. The van der Waals surface area contributed by atoms with E-state index in [9.17, 15) is 0 Å². The second-order valence-electron chi connectivity index (χ2n) is 13.2. The van der Waals surface area contributed by atoms with Crippen molar-refractivity contribution in [1.82, 2.24) is 0 Å². The van der Waals surface area contributed by atoms with Crippen molar-refractivity contribution in [3.63, 3.8) is 0 Å². The van der Waals surface area contributed by atoms with Crippen LogP contribution in [0.15, 0.2) is 42.5 Å². The van der Waals surface area contributed by atoms with Gasteiger partial charge in [0.2, 0.25) is 0 Å². The van der Waals surface area contributed by atoms with E-state index in [0.717, 1.165) is 42.4 Å². The first-order chi connectivity index (χ1) is 18.0. The summed E-state index contributed by atoms with van der Waals surface area (Å²) in [6, 6.07) is 15.4. The van der Waals surface area contributed by atoms with Gasteiger partial charge in [0, 0.05) is 42.8 Å². The molecule has 7 atom stereocenters. The first-order valence-electron chi connectivity index (χ1n) is 14.4. The number of likely N-dealkylation sites (tertiary alicyclic amines) is 1. The molecule has 1 saturated heterocycles. The maximum absolute atomic E-state index is 7.15. The van der Waals surface area contributed by atoms with Crippen molar-refractivity contribution in [2.45, 2.75) is 68.1 Å². The number of benzene rings is 2. The molecule has 2 aromatic carbocycles. The molecule has 37 heavy (non-hydrogen) atoms. The van der Waals surface area contributed by atoms with Gasteiger partial charge in [0.15, 0.2) is 11.5 Å². The van der Waals surface area contributed by atoms with Crippen LogP contribution in [0.3, 0.4) is 0 Å². The molecule has 2 aromatic rings. The number of rotatable bonds is 7. The fraction of sp³-hybridized carbons (Fsp3) is 0.625. The van der Waals surface area contributed by atoms with Gasteiger partial charge in [0.05, 0.1) is 45.3 Å². The van der Waals surface area contributed by atoms with Gasteiger partial charge >= 0.3 is 0 Å².